The lowest BCUT2D eigenvalue weighted by atomic mass is 10.1. The minimum absolute atomic E-state index is 0.703. The predicted molar refractivity (Wildman–Crippen MR) is 82.5 cm³/mol. The first-order chi connectivity index (χ1) is 9.61. The Labute approximate surface area is 123 Å². The molecular formula is C14H20N4OS. The fourth-order valence-corrected chi connectivity index (χ4v) is 2.70. The topological polar surface area (TPSA) is 50.3 Å². The second-order valence-corrected chi connectivity index (χ2v) is 5.79. The Bertz CT molecular complexity index is 568. The van der Waals surface area contributed by atoms with Gasteiger partial charge in [0, 0.05) is 39.6 Å². The molecule has 6 heteroatoms. The smallest absolute Gasteiger partial charge is 0.230 e. The normalized spacial score (nSPS) is 10.6. The average Bonchev–Trinajstić information content (AvgIpc) is 2.84. The van der Waals surface area contributed by atoms with Gasteiger partial charge < -0.3 is 15.0 Å². The van der Waals surface area contributed by atoms with Gasteiger partial charge in [-0.2, -0.15) is 4.98 Å². The minimum Gasteiger partial charge on any atom is -0.480 e. The van der Waals surface area contributed by atoms with Crippen LogP contribution in [0.2, 0.25) is 0 Å². The van der Waals surface area contributed by atoms with Gasteiger partial charge in [0.05, 0.1) is 12.0 Å². The standard InChI is InChI=1S/C14H20N4OS/c1-10-5-6-15-7-11(10)8-16-9-12-13(19-4)17-14(20-12)18(2)3/h5-7,16H,8-9H2,1-4H3. The van der Waals surface area contributed by atoms with Crippen molar-refractivity contribution in [3.8, 4) is 5.88 Å². The fraction of sp³-hybridized carbons (Fsp3) is 0.429. The SMILES string of the molecule is COc1nc(N(C)C)sc1CNCc1cnccc1C. The van der Waals surface area contributed by atoms with Crippen LogP contribution >= 0.6 is 11.3 Å². The Balaban J connectivity index is 1.99. The average molecular weight is 292 g/mol. The van der Waals surface area contributed by atoms with Gasteiger partial charge >= 0.3 is 0 Å². The lowest BCUT2D eigenvalue weighted by Crippen LogP contribution is -2.13. The number of aryl methyl sites for hydroxylation is 1. The molecule has 0 aliphatic carbocycles. The highest BCUT2D eigenvalue weighted by atomic mass is 32.1. The number of aromatic nitrogens is 2. The Hall–Kier alpha value is -1.66. The molecular weight excluding hydrogens is 272 g/mol. The summed E-state index contributed by atoms with van der Waals surface area (Å²) in [6.45, 7) is 3.62. The zero-order chi connectivity index (χ0) is 14.5. The van der Waals surface area contributed by atoms with Crippen LogP contribution in [0.25, 0.3) is 0 Å². The van der Waals surface area contributed by atoms with Crippen LogP contribution in [0.4, 0.5) is 5.13 Å². The number of ether oxygens (including phenoxy) is 1. The van der Waals surface area contributed by atoms with Gasteiger partial charge in [0.2, 0.25) is 5.88 Å². The molecule has 0 fully saturated rings. The summed E-state index contributed by atoms with van der Waals surface area (Å²) in [6, 6.07) is 2.02. The summed E-state index contributed by atoms with van der Waals surface area (Å²) in [4.78, 5) is 11.7. The number of hydrogen-bond donors (Lipinski definition) is 1. The predicted octanol–water partition coefficient (Wildman–Crippen LogP) is 2.21. The van der Waals surface area contributed by atoms with Gasteiger partial charge in [0.25, 0.3) is 0 Å². The Morgan fingerprint density at radius 1 is 1.35 bits per heavy atom. The molecule has 2 aromatic heterocycles. The molecule has 2 rings (SSSR count). The van der Waals surface area contributed by atoms with E-state index in [9.17, 15) is 0 Å². The number of nitrogens with one attached hydrogen (secondary N) is 1. The summed E-state index contributed by atoms with van der Waals surface area (Å²) < 4.78 is 5.32. The van der Waals surface area contributed by atoms with E-state index in [0.717, 1.165) is 23.1 Å². The zero-order valence-corrected chi connectivity index (χ0v) is 13.1. The van der Waals surface area contributed by atoms with Crippen molar-refractivity contribution in [2.75, 3.05) is 26.1 Å². The zero-order valence-electron chi connectivity index (χ0n) is 12.3. The maximum atomic E-state index is 5.32. The Morgan fingerprint density at radius 2 is 2.15 bits per heavy atom. The second-order valence-electron chi connectivity index (χ2n) is 4.73. The molecule has 0 aliphatic heterocycles. The first-order valence-electron chi connectivity index (χ1n) is 6.43. The third-order valence-corrected chi connectivity index (χ3v) is 4.18. The molecule has 0 radical (unpaired) electrons. The van der Waals surface area contributed by atoms with E-state index in [2.05, 4.69) is 22.2 Å². The van der Waals surface area contributed by atoms with Gasteiger partial charge in [-0.05, 0) is 24.1 Å². The molecule has 0 aliphatic rings. The van der Waals surface area contributed by atoms with Crippen LogP contribution in [0.5, 0.6) is 5.88 Å². The van der Waals surface area contributed by atoms with Crippen LogP contribution in [0, 0.1) is 6.92 Å². The number of hydrogen-bond acceptors (Lipinski definition) is 6. The number of pyridine rings is 1. The highest BCUT2D eigenvalue weighted by Gasteiger charge is 2.12. The maximum absolute atomic E-state index is 5.32. The number of nitrogens with zero attached hydrogens (tertiary/aromatic N) is 3. The lowest BCUT2D eigenvalue weighted by molar-refractivity contribution is 0.394. The quantitative estimate of drug-likeness (QED) is 0.884. The molecule has 2 heterocycles. The molecule has 5 nitrogen and oxygen atoms in total. The van der Waals surface area contributed by atoms with Gasteiger partial charge in [-0.25, -0.2) is 0 Å². The van der Waals surface area contributed by atoms with E-state index in [1.807, 2.05) is 37.5 Å². The second kappa shape index (κ2) is 6.67. The largest absolute Gasteiger partial charge is 0.480 e. The van der Waals surface area contributed by atoms with Crippen molar-refractivity contribution in [2.45, 2.75) is 20.0 Å². The third-order valence-electron chi connectivity index (χ3n) is 2.97. The van der Waals surface area contributed by atoms with Gasteiger partial charge in [0.15, 0.2) is 5.13 Å². The van der Waals surface area contributed by atoms with Crippen molar-refractivity contribution in [2.24, 2.45) is 0 Å². The number of rotatable bonds is 6. The summed E-state index contributed by atoms with van der Waals surface area (Å²) in [7, 11) is 5.62. The van der Waals surface area contributed by atoms with E-state index in [1.54, 1.807) is 18.4 Å². The highest BCUT2D eigenvalue weighted by Crippen LogP contribution is 2.30. The van der Waals surface area contributed by atoms with Crippen LogP contribution in [0.1, 0.15) is 16.0 Å². The van der Waals surface area contributed by atoms with E-state index >= 15 is 0 Å². The van der Waals surface area contributed by atoms with Gasteiger partial charge in [-0.3, -0.25) is 4.98 Å². The molecule has 20 heavy (non-hydrogen) atoms. The van der Waals surface area contributed by atoms with Gasteiger partial charge in [-0.1, -0.05) is 11.3 Å². The fourth-order valence-electron chi connectivity index (χ4n) is 1.78. The Kier molecular flexibility index (Phi) is 4.92. The molecule has 0 saturated heterocycles. The molecule has 2 aromatic rings. The summed E-state index contributed by atoms with van der Waals surface area (Å²) >= 11 is 1.64. The van der Waals surface area contributed by atoms with E-state index in [1.165, 1.54) is 11.1 Å². The summed E-state index contributed by atoms with van der Waals surface area (Å²) in [5, 5.41) is 4.37. The molecule has 0 bridgehead atoms. The van der Waals surface area contributed by atoms with E-state index in [4.69, 9.17) is 4.74 Å². The van der Waals surface area contributed by atoms with Crippen molar-refractivity contribution >= 4 is 16.5 Å². The van der Waals surface area contributed by atoms with Crippen molar-refractivity contribution in [1.82, 2.24) is 15.3 Å². The molecule has 0 unspecified atom stereocenters. The Morgan fingerprint density at radius 3 is 2.80 bits per heavy atom. The number of methoxy groups -OCH3 is 1. The highest BCUT2D eigenvalue weighted by molar-refractivity contribution is 7.15. The van der Waals surface area contributed by atoms with E-state index in [0.29, 0.717) is 5.88 Å². The van der Waals surface area contributed by atoms with Crippen LogP contribution in [-0.2, 0) is 13.1 Å². The van der Waals surface area contributed by atoms with Crippen molar-refractivity contribution in [1.29, 1.82) is 0 Å². The van der Waals surface area contributed by atoms with E-state index < -0.39 is 0 Å². The first-order valence-corrected chi connectivity index (χ1v) is 7.24. The molecule has 0 saturated carbocycles. The molecule has 0 atom stereocenters. The summed E-state index contributed by atoms with van der Waals surface area (Å²) in [6.07, 6.45) is 3.71. The van der Waals surface area contributed by atoms with Crippen LogP contribution in [0.3, 0.4) is 0 Å². The molecule has 0 spiro atoms. The third kappa shape index (κ3) is 3.46. The van der Waals surface area contributed by atoms with Crippen molar-refractivity contribution in [3.63, 3.8) is 0 Å². The van der Waals surface area contributed by atoms with Crippen molar-refractivity contribution in [3.05, 3.63) is 34.5 Å². The van der Waals surface area contributed by atoms with Gasteiger partial charge in [-0.15, -0.1) is 0 Å². The first kappa shape index (κ1) is 14.7. The van der Waals surface area contributed by atoms with Gasteiger partial charge in [0.1, 0.15) is 0 Å². The van der Waals surface area contributed by atoms with Crippen LogP contribution < -0.4 is 15.0 Å². The monoisotopic (exact) mass is 292 g/mol. The van der Waals surface area contributed by atoms with Crippen LogP contribution in [0.15, 0.2) is 18.5 Å². The lowest BCUT2D eigenvalue weighted by Gasteiger charge is -2.06. The minimum atomic E-state index is 0.703. The molecule has 1 N–H and O–H groups in total. The molecule has 0 amide bonds. The number of thiazole rings is 1. The summed E-state index contributed by atoms with van der Waals surface area (Å²) in [5.41, 5.74) is 2.46. The number of anilines is 1. The molecule has 108 valence electrons. The molecule has 0 aromatic carbocycles. The van der Waals surface area contributed by atoms with Crippen LogP contribution in [-0.4, -0.2) is 31.2 Å². The maximum Gasteiger partial charge on any atom is 0.230 e. The van der Waals surface area contributed by atoms with E-state index in [-0.39, 0.29) is 0 Å². The van der Waals surface area contributed by atoms with Crippen molar-refractivity contribution < 1.29 is 4.74 Å². The summed E-state index contributed by atoms with van der Waals surface area (Å²) in [5.74, 6) is 0.703.